The number of anilines is 1. The van der Waals surface area contributed by atoms with Crippen LogP contribution < -0.4 is 5.32 Å². The van der Waals surface area contributed by atoms with E-state index in [1.807, 2.05) is 31.2 Å². The minimum atomic E-state index is -0.159. The highest BCUT2D eigenvalue weighted by Gasteiger charge is 2.10. The second-order valence-electron chi connectivity index (χ2n) is 4.17. The number of benzene rings is 1. The van der Waals surface area contributed by atoms with E-state index < -0.39 is 0 Å². The van der Waals surface area contributed by atoms with Gasteiger partial charge >= 0.3 is 0 Å². The molecule has 5 heteroatoms. The minimum Gasteiger partial charge on any atom is -0.316 e. The van der Waals surface area contributed by atoms with E-state index in [9.17, 15) is 9.59 Å². The van der Waals surface area contributed by atoms with E-state index in [4.69, 9.17) is 0 Å². The average molecular weight is 274 g/mol. The molecule has 1 aromatic heterocycles. The zero-order chi connectivity index (χ0) is 13.7. The van der Waals surface area contributed by atoms with Crippen LogP contribution in [0.4, 0.5) is 5.00 Å². The zero-order valence-electron chi connectivity index (χ0n) is 10.6. The first-order chi connectivity index (χ1) is 9.15. The molecule has 0 spiro atoms. The third-order valence-corrected chi connectivity index (χ3v) is 3.36. The summed E-state index contributed by atoms with van der Waals surface area (Å²) >= 11 is 1.24. The number of hydrogen-bond donors (Lipinski definition) is 1. The van der Waals surface area contributed by atoms with Crippen molar-refractivity contribution in [3.63, 3.8) is 0 Å². The lowest BCUT2D eigenvalue weighted by atomic mass is 10.1. The topological polar surface area (TPSA) is 59.1 Å². The van der Waals surface area contributed by atoms with Gasteiger partial charge in [0.2, 0.25) is 5.91 Å². The molecule has 0 atom stereocenters. The Labute approximate surface area is 115 Å². The van der Waals surface area contributed by atoms with Crippen molar-refractivity contribution >= 4 is 28.2 Å². The SMILES string of the molecule is Cc1cc(NC(=O)CCC(=O)c2ccccc2)sn1. The lowest BCUT2D eigenvalue weighted by Crippen LogP contribution is -2.12. The number of Topliss-reactive ketones (excluding diaryl/α,β-unsaturated/α-hetero) is 1. The van der Waals surface area contributed by atoms with Crippen molar-refractivity contribution in [3.8, 4) is 0 Å². The van der Waals surface area contributed by atoms with Crippen LogP contribution in [0.3, 0.4) is 0 Å². The Morgan fingerprint density at radius 1 is 1.21 bits per heavy atom. The molecule has 0 aliphatic rings. The molecule has 2 aromatic rings. The van der Waals surface area contributed by atoms with Crippen LogP contribution in [-0.2, 0) is 4.79 Å². The molecule has 1 amide bonds. The van der Waals surface area contributed by atoms with Gasteiger partial charge in [-0.05, 0) is 24.5 Å². The molecule has 0 saturated carbocycles. The predicted molar refractivity (Wildman–Crippen MR) is 75.5 cm³/mol. The monoisotopic (exact) mass is 274 g/mol. The first-order valence-corrected chi connectivity index (χ1v) is 6.74. The number of rotatable bonds is 5. The van der Waals surface area contributed by atoms with Gasteiger partial charge in [0.15, 0.2) is 5.78 Å². The third kappa shape index (κ3) is 3.99. The van der Waals surface area contributed by atoms with Crippen LogP contribution in [-0.4, -0.2) is 16.1 Å². The van der Waals surface area contributed by atoms with E-state index in [-0.39, 0.29) is 24.5 Å². The second kappa shape index (κ2) is 6.24. The molecule has 0 fully saturated rings. The fourth-order valence-corrected chi connectivity index (χ4v) is 2.30. The summed E-state index contributed by atoms with van der Waals surface area (Å²) in [6.07, 6.45) is 0.401. The van der Waals surface area contributed by atoms with Crippen LogP contribution in [0.5, 0.6) is 0 Å². The van der Waals surface area contributed by atoms with Crippen LogP contribution in [0, 0.1) is 6.92 Å². The summed E-state index contributed by atoms with van der Waals surface area (Å²) < 4.78 is 4.07. The quantitative estimate of drug-likeness (QED) is 0.852. The maximum atomic E-state index is 11.8. The van der Waals surface area contributed by atoms with Crippen LogP contribution >= 0.6 is 11.5 Å². The fraction of sp³-hybridized carbons (Fsp3) is 0.214. The highest BCUT2D eigenvalue weighted by atomic mass is 32.1. The van der Waals surface area contributed by atoms with Crippen molar-refractivity contribution in [2.75, 3.05) is 5.32 Å². The van der Waals surface area contributed by atoms with Gasteiger partial charge in [-0.25, -0.2) is 0 Å². The first kappa shape index (κ1) is 13.4. The van der Waals surface area contributed by atoms with Gasteiger partial charge < -0.3 is 5.32 Å². The Kier molecular flexibility index (Phi) is 4.41. The summed E-state index contributed by atoms with van der Waals surface area (Å²) in [4.78, 5) is 23.5. The van der Waals surface area contributed by atoms with Crippen molar-refractivity contribution in [3.05, 3.63) is 47.7 Å². The highest BCUT2D eigenvalue weighted by Crippen LogP contribution is 2.16. The molecule has 1 heterocycles. The van der Waals surface area contributed by atoms with Crippen LogP contribution in [0.15, 0.2) is 36.4 Å². The first-order valence-electron chi connectivity index (χ1n) is 5.96. The molecular weight excluding hydrogens is 260 g/mol. The maximum absolute atomic E-state index is 11.8. The molecule has 0 radical (unpaired) electrons. The van der Waals surface area contributed by atoms with Crippen molar-refractivity contribution in [1.82, 2.24) is 4.37 Å². The third-order valence-electron chi connectivity index (χ3n) is 2.57. The molecule has 0 saturated heterocycles. The molecular formula is C14H14N2O2S. The van der Waals surface area contributed by atoms with Crippen molar-refractivity contribution in [2.24, 2.45) is 0 Å². The van der Waals surface area contributed by atoms with Gasteiger partial charge in [0.25, 0.3) is 0 Å². The van der Waals surface area contributed by atoms with Crippen molar-refractivity contribution in [1.29, 1.82) is 0 Å². The van der Waals surface area contributed by atoms with E-state index >= 15 is 0 Å². The smallest absolute Gasteiger partial charge is 0.225 e. The molecule has 2 rings (SSSR count). The predicted octanol–water partition coefficient (Wildman–Crippen LogP) is 3.05. The molecule has 19 heavy (non-hydrogen) atoms. The number of carbonyl (C=O) groups is 2. The van der Waals surface area contributed by atoms with Gasteiger partial charge in [-0.2, -0.15) is 4.37 Å². The Bertz CT molecular complexity index is 578. The average Bonchev–Trinajstić information content (AvgIpc) is 2.82. The van der Waals surface area contributed by atoms with Crippen molar-refractivity contribution in [2.45, 2.75) is 19.8 Å². The van der Waals surface area contributed by atoms with E-state index in [1.165, 1.54) is 11.5 Å². The summed E-state index contributed by atoms with van der Waals surface area (Å²) in [7, 11) is 0. The fourth-order valence-electron chi connectivity index (χ4n) is 1.62. The van der Waals surface area contributed by atoms with E-state index in [0.717, 1.165) is 10.7 Å². The van der Waals surface area contributed by atoms with Crippen LogP contribution in [0.2, 0.25) is 0 Å². The van der Waals surface area contributed by atoms with E-state index in [0.29, 0.717) is 5.56 Å². The number of hydrogen-bond acceptors (Lipinski definition) is 4. The minimum absolute atomic E-state index is 0.0174. The number of carbonyl (C=O) groups excluding carboxylic acids is 2. The van der Waals surface area contributed by atoms with Crippen molar-refractivity contribution < 1.29 is 9.59 Å². The number of nitrogens with one attached hydrogen (secondary N) is 1. The summed E-state index contributed by atoms with van der Waals surface area (Å²) in [5.41, 5.74) is 1.52. The molecule has 4 nitrogen and oxygen atoms in total. The lowest BCUT2D eigenvalue weighted by Gasteiger charge is -2.02. The Hall–Kier alpha value is -2.01. The van der Waals surface area contributed by atoms with E-state index in [2.05, 4.69) is 9.69 Å². The summed E-state index contributed by atoms with van der Waals surface area (Å²) in [6.45, 7) is 1.87. The van der Waals surface area contributed by atoms with Crippen LogP contribution in [0.1, 0.15) is 28.9 Å². The molecule has 0 bridgehead atoms. The summed E-state index contributed by atoms with van der Waals surface area (Å²) in [6, 6.07) is 10.8. The zero-order valence-corrected chi connectivity index (χ0v) is 11.4. The molecule has 0 unspecified atom stereocenters. The largest absolute Gasteiger partial charge is 0.316 e. The van der Waals surface area contributed by atoms with Gasteiger partial charge in [-0.15, -0.1) is 0 Å². The Balaban J connectivity index is 1.82. The number of ketones is 1. The molecule has 0 aliphatic carbocycles. The number of aryl methyl sites for hydroxylation is 1. The Morgan fingerprint density at radius 3 is 2.58 bits per heavy atom. The Morgan fingerprint density at radius 2 is 1.95 bits per heavy atom. The normalized spacial score (nSPS) is 10.2. The molecule has 1 N–H and O–H groups in total. The maximum Gasteiger partial charge on any atom is 0.225 e. The van der Waals surface area contributed by atoms with Gasteiger partial charge in [0.1, 0.15) is 5.00 Å². The number of amides is 1. The van der Waals surface area contributed by atoms with E-state index in [1.54, 1.807) is 12.1 Å². The van der Waals surface area contributed by atoms with Gasteiger partial charge in [0.05, 0.1) is 5.69 Å². The van der Waals surface area contributed by atoms with Gasteiger partial charge in [0, 0.05) is 18.4 Å². The number of nitrogens with zero attached hydrogens (tertiary/aromatic N) is 1. The number of aromatic nitrogens is 1. The van der Waals surface area contributed by atoms with Gasteiger partial charge in [-0.3, -0.25) is 9.59 Å². The van der Waals surface area contributed by atoms with Crippen LogP contribution in [0.25, 0.3) is 0 Å². The standard InChI is InChI=1S/C14H14N2O2S/c1-10-9-14(19-16-10)15-13(18)8-7-12(17)11-5-3-2-4-6-11/h2-6,9H,7-8H2,1H3,(H,15,18). The molecule has 1 aromatic carbocycles. The van der Waals surface area contributed by atoms with Gasteiger partial charge in [-0.1, -0.05) is 30.3 Å². The molecule has 98 valence electrons. The molecule has 0 aliphatic heterocycles. The summed E-state index contributed by atoms with van der Waals surface area (Å²) in [5.74, 6) is -0.177. The summed E-state index contributed by atoms with van der Waals surface area (Å²) in [5, 5.41) is 3.45. The second-order valence-corrected chi connectivity index (χ2v) is 4.97. The lowest BCUT2D eigenvalue weighted by molar-refractivity contribution is -0.116. The highest BCUT2D eigenvalue weighted by molar-refractivity contribution is 7.10.